The van der Waals surface area contributed by atoms with Crippen LogP contribution in [0.4, 0.5) is 4.39 Å². The van der Waals surface area contributed by atoms with Crippen LogP contribution in [0.3, 0.4) is 0 Å². The second kappa shape index (κ2) is 6.32. The number of para-hydroxylation sites is 1. The van der Waals surface area contributed by atoms with E-state index in [9.17, 15) is 4.39 Å². The van der Waals surface area contributed by atoms with E-state index in [-0.39, 0.29) is 30.8 Å². The summed E-state index contributed by atoms with van der Waals surface area (Å²) in [6.07, 6.45) is 0. The van der Waals surface area contributed by atoms with Gasteiger partial charge in [-0.15, -0.1) is 12.4 Å². The summed E-state index contributed by atoms with van der Waals surface area (Å²) in [6.45, 7) is 1.77. The van der Waals surface area contributed by atoms with Crippen molar-refractivity contribution >= 4 is 12.4 Å². The second-order valence-electron chi connectivity index (χ2n) is 3.56. The number of hydrogen-bond donors (Lipinski definition) is 1. The number of rotatable bonds is 4. The lowest BCUT2D eigenvalue weighted by Crippen LogP contribution is -2.05. The first-order chi connectivity index (χ1) is 8.16. The summed E-state index contributed by atoms with van der Waals surface area (Å²) in [7, 11) is 0. The summed E-state index contributed by atoms with van der Waals surface area (Å²) >= 11 is 0. The molecule has 1 aromatic carbocycles. The molecule has 0 aliphatic rings. The third kappa shape index (κ3) is 3.41. The van der Waals surface area contributed by atoms with Crippen LogP contribution in [0.2, 0.25) is 0 Å². The predicted molar refractivity (Wildman–Crippen MR) is 64.9 cm³/mol. The highest BCUT2D eigenvalue weighted by Crippen LogP contribution is 2.16. The van der Waals surface area contributed by atoms with Crippen LogP contribution in [-0.4, -0.2) is 10.1 Å². The van der Waals surface area contributed by atoms with Gasteiger partial charge in [-0.3, -0.25) is 0 Å². The van der Waals surface area contributed by atoms with Crippen LogP contribution in [0.5, 0.6) is 5.75 Å². The lowest BCUT2D eigenvalue weighted by molar-refractivity contribution is 0.272. The molecule has 0 saturated heterocycles. The van der Waals surface area contributed by atoms with Gasteiger partial charge in [-0.05, 0) is 19.1 Å². The highest BCUT2D eigenvalue weighted by molar-refractivity contribution is 5.85. The van der Waals surface area contributed by atoms with Gasteiger partial charge in [0.15, 0.2) is 18.2 Å². The molecular weight excluding hydrogens is 261 g/mol. The Morgan fingerprint density at radius 2 is 2.17 bits per heavy atom. The van der Waals surface area contributed by atoms with Crippen LogP contribution in [0.1, 0.15) is 24.7 Å². The van der Waals surface area contributed by atoms with Crippen LogP contribution in [-0.2, 0) is 6.61 Å². The third-order valence-corrected chi connectivity index (χ3v) is 2.07. The largest absolute Gasteiger partial charge is 0.482 e. The molecule has 0 unspecified atom stereocenters. The molecule has 18 heavy (non-hydrogen) atoms. The average molecular weight is 274 g/mol. The molecule has 1 atom stereocenters. The van der Waals surface area contributed by atoms with Gasteiger partial charge in [0.05, 0.1) is 6.04 Å². The van der Waals surface area contributed by atoms with Crippen molar-refractivity contribution in [3.8, 4) is 5.75 Å². The van der Waals surface area contributed by atoms with Gasteiger partial charge in [-0.2, -0.15) is 4.98 Å². The van der Waals surface area contributed by atoms with Crippen molar-refractivity contribution in [2.75, 3.05) is 0 Å². The third-order valence-electron chi connectivity index (χ3n) is 2.07. The van der Waals surface area contributed by atoms with Gasteiger partial charge >= 0.3 is 0 Å². The SMILES string of the molecule is C[C@@H](N)c1nc(COc2ccccc2F)no1.Cl. The zero-order valence-corrected chi connectivity index (χ0v) is 10.5. The minimum absolute atomic E-state index is 0. The van der Waals surface area contributed by atoms with E-state index in [0.29, 0.717) is 11.7 Å². The highest BCUT2D eigenvalue weighted by Gasteiger charge is 2.11. The van der Waals surface area contributed by atoms with Crippen molar-refractivity contribution in [1.29, 1.82) is 0 Å². The molecule has 7 heteroatoms. The van der Waals surface area contributed by atoms with Gasteiger partial charge in [0.25, 0.3) is 0 Å². The van der Waals surface area contributed by atoms with Crippen LogP contribution in [0, 0.1) is 5.82 Å². The number of benzene rings is 1. The summed E-state index contributed by atoms with van der Waals surface area (Å²) in [4.78, 5) is 4.00. The minimum atomic E-state index is -0.427. The smallest absolute Gasteiger partial charge is 0.243 e. The fourth-order valence-electron chi connectivity index (χ4n) is 1.22. The number of aromatic nitrogens is 2. The molecule has 1 heterocycles. The van der Waals surface area contributed by atoms with Crippen LogP contribution in [0.25, 0.3) is 0 Å². The molecule has 0 radical (unpaired) electrons. The number of ether oxygens (including phenoxy) is 1. The van der Waals surface area contributed by atoms with E-state index in [1.165, 1.54) is 12.1 Å². The van der Waals surface area contributed by atoms with Crippen molar-refractivity contribution < 1.29 is 13.7 Å². The van der Waals surface area contributed by atoms with Gasteiger partial charge in [0.2, 0.25) is 11.7 Å². The molecule has 0 fully saturated rings. The molecule has 0 spiro atoms. The van der Waals surface area contributed by atoms with E-state index in [1.807, 2.05) is 0 Å². The normalized spacial score (nSPS) is 11.7. The highest BCUT2D eigenvalue weighted by atomic mass is 35.5. The standard InChI is InChI=1S/C11H12FN3O2.ClH/c1-7(13)11-14-10(15-17-11)6-16-9-5-3-2-4-8(9)12;/h2-5,7H,6,13H2,1H3;1H/t7-;/m1./s1. The van der Waals surface area contributed by atoms with E-state index in [1.54, 1.807) is 19.1 Å². The Morgan fingerprint density at radius 1 is 1.44 bits per heavy atom. The topological polar surface area (TPSA) is 74.2 Å². The zero-order chi connectivity index (χ0) is 12.3. The fraction of sp³-hybridized carbons (Fsp3) is 0.273. The van der Waals surface area contributed by atoms with E-state index in [0.717, 1.165) is 0 Å². The van der Waals surface area contributed by atoms with E-state index < -0.39 is 5.82 Å². The lowest BCUT2D eigenvalue weighted by Gasteiger charge is -2.03. The minimum Gasteiger partial charge on any atom is -0.482 e. The van der Waals surface area contributed by atoms with Crippen LogP contribution < -0.4 is 10.5 Å². The summed E-state index contributed by atoms with van der Waals surface area (Å²) in [5.41, 5.74) is 5.56. The van der Waals surface area contributed by atoms with E-state index in [4.69, 9.17) is 15.0 Å². The first kappa shape index (κ1) is 14.4. The van der Waals surface area contributed by atoms with Gasteiger partial charge < -0.3 is 15.0 Å². The van der Waals surface area contributed by atoms with E-state index >= 15 is 0 Å². The quantitative estimate of drug-likeness (QED) is 0.925. The number of nitrogens with two attached hydrogens (primary N) is 1. The van der Waals surface area contributed by atoms with Crippen molar-refractivity contribution in [1.82, 2.24) is 10.1 Å². The van der Waals surface area contributed by atoms with Crippen LogP contribution >= 0.6 is 12.4 Å². The molecular formula is C11H13ClFN3O2. The Labute approximate surface area is 110 Å². The molecule has 2 rings (SSSR count). The van der Waals surface area contributed by atoms with Crippen molar-refractivity contribution in [3.63, 3.8) is 0 Å². The van der Waals surface area contributed by atoms with Gasteiger partial charge in [-0.25, -0.2) is 4.39 Å². The zero-order valence-electron chi connectivity index (χ0n) is 9.67. The average Bonchev–Trinajstić information content (AvgIpc) is 2.77. The van der Waals surface area contributed by atoms with Crippen LogP contribution in [0.15, 0.2) is 28.8 Å². The maximum absolute atomic E-state index is 13.2. The van der Waals surface area contributed by atoms with Gasteiger partial charge in [0.1, 0.15) is 0 Å². The Balaban J connectivity index is 0.00000162. The maximum Gasteiger partial charge on any atom is 0.243 e. The molecule has 0 saturated carbocycles. The number of hydrogen-bond acceptors (Lipinski definition) is 5. The Kier molecular flexibility index (Phi) is 5.06. The summed E-state index contributed by atoms with van der Waals surface area (Å²) in [6, 6.07) is 5.79. The number of halogens is 2. The molecule has 2 aromatic rings. The monoisotopic (exact) mass is 273 g/mol. The Morgan fingerprint density at radius 3 is 2.78 bits per heavy atom. The summed E-state index contributed by atoms with van der Waals surface area (Å²) in [5.74, 6) is 0.390. The molecule has 0 aliphatic heterocycles. The molecule has 0 amide bonds. The van der Waals surface area contributed by atoms with Crippen molar-refractivity contribution in [3.05, 3.63) is 41.8 Å². The molecule has 2 N–H and O–H groups in total. The predicted octanol–water partition coefficient (Wildman–Crippen LogP) is 2.23. The van der Waals surface area contributed by atoms with Crippen molar-refractivity contribution in [2.24, 2.45) is 5.73 Å². The Bertz CT molecular complexity index is 505. The molecule has 1 aromatic heterocycles. The molecule has 0 aliphatic carbocycles. The lowest BCUT2D eigenvalue weighted by atomic mass is 10.3. The first-order valence-corrected chi connectivity index (χ1v) is 5.12. The molecule has 0 bridgehead atoms. The summed E-state index contributed by atoms with van der Waals surface area (Å²) in [5, 5.41) is 3.67. The summed E-state index contributed by atoms with van der Waals surface area (Å²) < 4.78 is 23.3. The molecule has 98 valence electrons. The number of nitrogens with zero attached hydrogens (tertiary/aromatic N) is 2. The maximum atomic E-state index is 13.2. The van der Waals surface area contributed by atoms with E-state index in [2.05, 4.69) is 10.1 Å². The molecule has 5 nitrogen and oxygen atoms in total. The second-order valence-corrected chi connectivity index (χ2v) is 3.56. The Hall–Kier alpha value is -1.66. The van der Waals surface area contributed by atoms with Gasteiger partial charge in [-0.1, -0.05) is 17.3 Å². The van der Waals surface area contributed by atoms with Gasteiger partial charge in [0, 0.05) is 0 Å². The van der Waals surface area contributed by atoms with Crippen molar-refractivity contribution in [2.45, 2.75) is 19.6 Å². The first-order valence-electron chi connectivity index (χ1n) is 5.12. The fourth-order valence-corrected chi connectivity index (χ4v) is 1.22.